The third-order valence-electron chi connectivity index (χ3n) is 2.31. The summed E-state index contributed by atoms with van der Waals surface area (Å²) in [5.41, 5.74) is 1.09. The molecule has 0 radical (unpaired) electrons. The van der Waals surface area contributed by atoms with Crippen LogP contribution in [0.5, 0.6) is 0 Å². The molecule has 0 amide bonds. The molecule has 3 rings (SSSR count). The molecule has 6 heteroatoms. The van der Waals surface area contributed by atoms with Crippen molar-refractivity contribution < 1.29 is 0 Å². The number of imidazole rings is 1. The molecule has 5 nitrogen and oxygen atoms in total. The van der Waals surface area contributed by atoms with Crippen LogP contribution in [-0.4, -0.2) is 25.5 Å². The average molecular weight is 207 g/mol. The van der Waals surface area contributed by atoms with Gasteiger partial charge in [0.05, 0.1) is 18.4 Å². The maximum absolute atomic E-state index is 4.35. The molecule has 3 heterocycles. The summed E-state index contributed by atoms with van der Waals surface area (Å²) in [7, 11) is 0. The molecule has 1 aliphatic rings. The number of hydrogen-bond acceptors (Lipinski definition) is 5. The SMILES string of the molecule is c1nsc(-c2cnc3n2CCNC3)n1. The summed E-state index contributed by atoms with van der Waals surface area (Å²) in [6, 6.07) is 0. The monoisotopic (exact) mass is 207 g/mol. The molecular formula is C8H9N5S. The molecule has 1 aliphatic heterocycles. The van der Waals surface area contributed by atoms with Crippen LogP contribution in [0.1, 0.15) is 5.82 Å². The van der Waals surface area contributed by atoms with Crippen LogP contribution in [0.4, 0.5) is 0 Å². The zero-order valence-corrected chi connectivity index (χ0v) is 8.29. The molecule has 0 aliphatic carbocycles. The summed E-state index contributed by atoms with van der Waals surface area (Å²) in [6.45, 7) is 2.80. The Morgan fingerprint density at radius 2 is 2.43 bits per heavy atom. The second kappa shape index (κ2) is 3.14. The summed E-state index contributed by atoms with van der Waals surface area (Å²) < 4.78 is 6.21. The highest BCUT2D eigenvalue weighted by molar-refractivity contribution is 7.09. The second-order valence-corrected chi connectivity index (χ2v) is 3.91. The van der Waals surface area contributed by atoms with E-state index in [-0.39, 0.29) is 0 Å². The zero-order chi connectivity index (χ0) is 9.38. The fourth-order valence-electron chi connectivity index (χ4n) is 1.65. The lowest BCUT2D eigenvalue weighted by Gasteiger charge is -2.16. The molecule has 0 saturated carbocycles. The number of rotatable bonds is 1. The van der Waals surface area contributed by atoms with Crippen LogP contribution in [0, 0.1) is 0 Å². The van der Waals surface area contributed by atoms with Crippen molar-refractivity contribution in [3.05, 3.63) is 18.3 Å². The maximum atomic E-state index is 4.35. The Hall–Kier alpha value is -1.27. The summed E-state index contributed by atoms with van der Waals surface area (Å²) >= 11 is 1.41. The quantitative estimate of drug-likeness (QED) is 0.740. The number of nitrogens with zero attached hydrogens (tertiary/aromatic N) is 4. The highest BCUT2D eigenvalue weighted by Crippen LogP contribution is 2.22. The Morgan fingerprint density at radius 1 is 1.43 bits per heavy atom. The van der Waals surface area contributed by atoms with Crippen molar-refractivity contribution >= 4 is 11.5 Å². The topological polar surface area (TPSA) is 55.6 Å². The van der Waals surface area contributed by atoms with E-state index in [2.05, 4.69) is 24.2 Å². The lowest BCUT2D eigenvalue weighted by atomic mass is 10.4. The highest BCUT2D eigenvalue weighted by Gasteiger charge is 2.15. The van der Waals surface area contributed by atoms with E-state index in [0.29, 0.717) is 0 Å². The molecule has 2 aromatic rings. The van der Waals surface area contributed by atoms with Gasteiger partial charge in [0.15, 0.2) is 5.01 Å². The lowest BCUT2D eigenvalue weighted by molar-refractivity contribution is 0.508. The predicted molar refractivity (Wildman–Crippen MR) is 52.8 cm³/mol. The molecule has 0 unspecified atom stereocenters. The Balaban J connectivity index is 2.11. The van der Waals surface area contributed by atoms with Crippen molar-refractivity contribution in [2.75, 3.05) is 6.54 Å². The molecule has 1 N–H and O–H groups in total. The molecule has 0 fully saturated rings. The molecule has 0 bridgehead atoms. The minimum Gasteiger partial charge on any atom is -0.324 e. The van der Waals surface area contributed by atoms with Crippen molar-refractivity contribution in [2.45, 2.75) is 13.1 Å². The first-order chi connectivity index (χ1) is 6.95. The minimum atomic E-state index is 0.846. The van der Waals surface area contributed by atoms with Crippen LogP contribution < -0.4 is 5.32 Å². The van der Waals surface area contributed by atoms with Crippen molar-refractivity contribution in [3.63, 3.8) is 0 Å². The largest absolute Gasteiger partial charge is 0.324 e. The maximum Gasteiger partial charge on any atom is 0.161 e. The van der Waals surface area contributed by atoms with E-state index < -0.39 is 0 Å². The van der Waals surface area contributed by atoms with Gasteiger partial charge in [-0.05, 0) is 11.5 Å². The minimum absolute atomic E-state index is 0.846. The fraction of sp³-hybridized carbons (Fsp3) is 0.375. The molecule has 0 saturated heterocycles. The lowest BCUT2D eigenvalue weighted by Crippen LogP contribution is -2.28. The summed E-state index contributed by atoms with van der Waals surface area (Å²) in [4.78, 5) is 8.55. The van der Waals surface area contributed by atoms with Crippen LogP contribution in [0.2, 0.25) is 0 Å². The fourth-order valence-corrected chi connectivity index (χ4v) is 2.20. The van der Waals surface area contributed by atoms with Crippen LogP contribution in [0.25, 0.3) is 10.7 Å². The van der Waals surface area contributed by atoms with Gasteiger partial charge in [-0.25, -0.2) is 9.97 Å². The number of fused-ring (bicyclic) bond motifs is 1. The number of aromatic nitrogens is 4. The Bertz CT molecular complexity index is 433. The molecule has 2 aromatic heterocycles. The van der Waals surface area contributed by atoms with Gasteiger partial charge in [-0.3, -0.25) is 0 Å². The van der Waals surface area contributed by atoms with Gasteiger partial charge in [0.2, 0.25) is 0 Å². The van der Waals surface area contributed by atoms with E-state index in [0.717, 1.165) is 36.2 Å². The molecule has 14 heavy (non-hydrogen) atoms. The summed E-state index contributed by atoms with van der Waals surface area (Å²) in [5, 5.41) is 4.23. The van der Waals surface area contributed by atoms with E-state index in [4.69, 9.17) is 0 Å². The first-order valence-corrected chi connectivity index (χ1v) is 5.24. The molecule has 0 aromatic carbocycles. The van der Waals surface area contributed by atoms with E-state index in [1.807, 2.05) is 6.20 Å². The molecule has 0 atom stereocenters. The van der Waals surface area contributed by atoms with Gasteiger partial charge in [-0.1, -0.05) is 0 Å². The normalized spacial score (nSPS) is 15.4. The van der Waals surface area contributed by atoms with Crippen molar-refractivity contribution in [3.8, 4) is 10.7 Å². The van der Waals surface area contributed by atoms with E-state index in [1.54, 1.807) is 6.33 Å². The molecule has 72 valence electrons. The van der Waals surface area contributed by atoms with Gasteiger partial charge in [-0.2, -0.15) is 4.37 Å². The van der Waals surface area contributed by atoms with Gasteiger partial charge in [0, 0.05) is 13.1 Å². The third-order valence-corrected chi connectivity index (χ3v) is 3.00. The van der Waals surface area contributed by atoms with Crippen molar-refractivity contribution in [1.29, 1.82) is 0 Å². The third kappa shape index (κ3) is 1.15. The Kier molecular flexibility index (Phi) is 1.81. The Morgan fingerprint density at radius 3 is 3.29 bits per heavy atom. The number of hydrogen-bond donors (Lipinski definition) is 1. The van der Waals surface area contributed by atoms with Gasteiger partial charge in [0.1, 0.15) is 12.2 Å². The van der Waals surface area contributed by atoms with Gasteiger partial charge in [-0.15, -0.1) is 0 Å². The number of nitrogens with one attached hydrogen (secondary N) is 1. The van der Waals surface area contributed by atoms with Gasteiger partial charge >= 0.3 is 0 Å². The van der Waals surface area contributed by atoms with Crippen LogP contribution >= 0.6 is 11.5 Å². The second-order valence-electron chi connectivity index (χ2n) is 3.13. The predicted octanol–water partition coefficient (Wildman–Crippen LogP) is 0.505. The summed E-state index contributed by atoms with van der Waals surface area (Å²) in [6.07, 6.45) is 3.46. The highest BCUT2D eigenvalue weighted by atomic mass is 32.1. The first kappa shape index (κ1) is 8.07. The van der Waals surface area contributed by atoms with Crippen LogP contribution in [0.15, 0.2) is 12.5 Å². The van der Waals surface area contributed by atoms with Crippen LogP contribution in [-0.2, 0) is 13.1 Å². The zero-order valence-electron chi connectivity index (χ0n) is 7.47. The standard InChI is InChI=1S/C8H9N5S/c1-2-13-6(8-11-5-12-14-8)3-10-7(13)4-9-1/h3,5,9H,1-2,4H2. The molecular weight excluding hydrogens is 198 g/mol. The first-order valence-electron chi connectivity index (χ1n) is 4.47. The van der Waals surface area contributed by atoms with Crippen molar-refractivity contribution in [1.82, 2.24) is 24.2 Å². The molecule has 0 spiro atoms. The van der Waals surface area contributed by atoms with E-state index in [1.165, 1.54) is 11.5 Å². The smallest absolute Gasteiger partial charge is 0.161 e. The Labute approximate surface area is 85.0 Å². The van der Waals surface area contributed by atoms with Gasteiger partial charge in [0.25, 0.3) is 0 Å². The van der Waals surface area contributed by atoms with Crippen molar-refractivity contribution in [2.24, 2.45) is 0 Å². The van der Waals surface area contributed by atoms with Crippen LogP contribution in [0.3, 0.4) is 0 Å². The van der Waals surface area contributed by atoms with Gasteiger partial charge < -0.3 is 9.88 Å². The average Bonchev–Trinajstić information content (AvgIpc) is 2.85. The van der Waals surface area contributed by atoms with E-state index >= 15 is 0 Å². The summed E-state index contributed by atoms with van der Waals surface area (Å²) in [5.74, 6) is 1.08. The van der Waals surface area contributed by atoms with E-state index in [9.17, 15) is 0 Å².